The predicted molar refractivity (Wildman–Crippen MR) is 153 cm³/mol. The van der Waals surface area contributed by atoms with E-state index >= 15 is 0 Å². The Labute approximate surface area is 259 Å². The van der Waals surface area contributed by atoms with Crippen LogP contribution in [0.25, 0.3) is 0 Å². The Balaban J connectivity index is 1.65. The van der Waals surface area contributed by atoms with Crippen molar-refractivity contribution in [2.75, 3.05) is 98.5 Å². The second-order valence-corrected chi connectivity index (χ2v) is 11.0. The molecule has 5 atom stereocenters. The van der Waals surface area contributed by atoms with Gasteiger partial charge in [-0.15, -0.1) is 0 Å². The van der Waals surface area contributed by atoms with Crippen LogP contribution >= 0.6 is 0 Å². The van der Waals surface area contributed by atoms with Gasteiger partial charge in [-0.25, -0.2) is 0 Å². The molecule has 3 rings (SSSR count). The van der Waals surface area contributed by atoms with Gasteiger partial charge in [0.05, 0.1) is 33.0 Å². The van der Waals surface area contributed by atoms with Crippen LogP contribution in [0.15, 0.2) is 0 Å². The topological polar surface area (TPSA) is 152 Å². The summed E-state index contributed by atoms with van der Waals surface area (Å²) in [5.74, 6) is -2.61. The smallest absolute Gasteiger partial charge is 0.303 e. The molecule has 0 saturated carbocycles. The molecular weight excluding hydrogens is 582 g/mol. The average Bonchev–Trinajstić information content (AvgIpc) is 2.98. The van der Waals surface area contributed by atoms with Crippen LogP contribution in [0.1, 0.15) is 34.1 Å². The van der Waals surface area contributed by atoms with Crippen molar-refractivity contribution in [2.45, 2.75) is 64.8 Å². The van der Waals surface area contributed by atoms with Crippen LogP contribution in [-0.2, 0) is 57.1 Å². The van der Waals surface area contributed by atoms with Gasteiger partial charge in [0.2, 0.25) is 0 Å². The number of rotatable bonds is 16. The van der Waals surface area contributed by atoms with E-state index in [-0.39, 0.29) is 13.2 Å². The molecule has 0 amide bonds. The molecule has 0 N–H and O–H groups in total. The molecule has 0 aromatic rings. The maximum Gasteiger partial charge on any atom is 0.303 e. The molecule has 3 fully saturated rings. The Morgan fingerprint density at radius 3 is 1.68 bits per heavy atom. The molecule has 0 aromatic heterocycles. The van der Waals surface area contributed by atoms with Gasteiger partial charge in [-0.05, 0) is 6.42 Å². The SMILES string of the molecule is CC(=O)OC[C@H]1OC(OCCCN(CCN2CCOCC2)CCN2CCOCC2)[C@H](OC(C)=O)[C@@H](OC(C)=O)[C@@H]1OC(C)=O. The van der Waals surface area contributed by atoms with Crippen LogP contribution < -0.4 is 0 Å². The van der Waals surface area contributed by atoms with Crippen molar-refractivity contribution < 1.29 is 57.1 Å². The number of esters is 4. The molecule has 15 nitrogen and oxygen atoms in total. The summed E-state index contributed by atoms with van der Waals surface area (Å²) in [5, 5.41) is 0. The zero-order valence-corrected chi connectivity index (χ0v) is 26.4. The second kappa shape index (κ2) is 19.2. The van der Waals surface area contributed by atoms with E-state index in [1.54, 1.807) is 0 Å². The molecule has 3 aliphatic heterocycles. The quantitative estimate of drug-likeness (QED) is 0.122. The van der Waals surface area contributed by atoms with Crippen LogP contribution in [0.3, 0.4) is 0 Å². The van der Waals surface area contributed by atoms with Crippen LogP contribution in [0, 0.1) is 0 Å². The number of morpholine rings is 2. The molecule has 0 spiro atoms. The molecule has 3 aliphatic rings. The molecule has 0 aliphatic carbocycles. The van der Waals surface area contributed by atoms with Gasteiger partial charge in [-0.2, -0.15) is 0 Å². The highest BCUT2D eigenvalue weighted by molar-refractivity contribution is 5.68. The van der Waals surface area contributed by atoms with E-state index in [4.69, 9.17) is 37.9 Å². The predicted octanol–water partition coefficient (Wildman–Crippen LogP) is -0.557. The highest BCUT2D eigenvalue weighted by atomic mass is 16.7. The van der Waals surface area contributed by atoms with Crippen molar-refractivity contribution in [1.29, 1.82) is 0 Å². The third kappa shape index (κ3) is 12.9. The van der Waals surface area contributed by atoms with Gasteiger partial charge in [0.25, 0.3) is 0 Å². The first-order valence-corrected chi connectivity index (χ1v) is 15.4. The largest absolute Gasteiger partial charge is 0.463 e. The van der Waals surface area contributed by atoms with Crippen molar-refractivity contribution >= 4 is 23.9 Å². The summed E-state index contributed by atoms with van der Waals surface area (Å²) < 4.78 is 44.6. The Kier molecular flexibility index (Phi) is 15.7. The van der Waals surface area contributed by atoms with Crippen LogP contribution in [0.4, 0.5) is 0 Å². The number of hydrogen-bond donors (Lipinski definition) is 0. The Bertz CT molecular complexity index is 890. The lowest BCUT2D eigenvalue weighted by Gasteiger charge is -2.44. The Morgan fingerprint density at radius 1 is 0.682 bits per heavy atom. The van der Waals surface area contributed by atoms with Crippen LogP contribution in [-0.4, -0.2) is 168 Å². The lowest BCUT2D eigenvalue weighted by Crippen LogP contribution is -2.63. The number of hydrogen-bond acceptors (Lipinski definition) is 15. The number of carbonyl (C=O) groups excluding carboxylic acids is 4. The molecule has 0 radical (unpaired) electrons. The molecule has 252 valence electrons. The summed E-state index contributed by atoms with van der Waals surface area (Å²) in [6.45, 7) is 15.8. The molecule has 0 aromatic carbocycles. The van der Waals surface area contributed by atoms with Crippen molar-refractivity contribution in [2.24, 2.45) is 0 Å². The van der Waals surface area contributed by atoms with Gasteiger partial charge in [0, 0.05) is 86.6 Å². The van der Waals surface area contributed by atoms with E-state index in [1.807, 2.05) is 0 Å². The molecule has 3 saturated heterocycles. The fourth-order valence-corrected chi connectivity index (χ4v) is 5.36. The molecular formula is C29H49N3O12. The minimum atomic E-state index is -1.25. The summed E-state index contributed by atoms with van der Waals surface area (Å²) in [6.07, 6.45) is -5.27. The zero-order chi connectivity index (χ0) is 31.9. The third-order valence-corrected chi connectivity index (χ3v) is 7.52. The minimum absolute atomic E-state index is 0.235. The molecule has 44 heavy (non-hydrogen) atoms. The van der Waals surface area contributed by atoms with E-state index in [0.29, 0.717) is 6.42 Å². The highest BCUT2D eigenvalue weighted by Crippen LogP contribution is 2.30. The molecule has 15 heteroatoms. The molecule has 0 bridgehead atoms. The first-order chi connectivity index (χ1) is 21.1. The fraction of sp³-hybridized carbons (Fsp3) is 0.862. The first kappa shape index (κ1) is 36.1. The summed E-state index contributed by atoms with van der Waals surface area (Å²) in [6, 6.07) is 0. The minimum Gasteiger partial charge on any atom is -0.463 e. The van der Waals surface area contributed by atoms with Crippen LogP contribution in [0.2, 0.25) is 0 Å². The summed E-state index contributed by atoms with van der Waals surface area (Å²) >= 11 is 0. The first-order valence-electron chi connectivity index (χ1n) is 15.4. The Morgan fingerprint density at radius 2 is 1.18 bits per heavy atom. The number of ether oxygens (including phenoxy) is 8. The van der Waals surface area contributed by atoms with E-state index < -0.39 is 54.6 Å². The van der Waals surface area contributed by atoms with Gasteiger partial charge in [-0.1, -0.05) is 0 Å². The van der Waals surface area contributed by atoms with E-state index in [9.17, 15) is 19.2 Å². The van der Waals surface area contributed by atoms with Crippen molar-refractivity contribution in [3.8, 4) is 0 Å². The van der Waals surface area contributed by atoms with E-state index in [0.717, 1.165) is 85.3 Å². The lowest BCUT2D eigenvalue weighted by atomic mass is 9.98. The number of carbonyl (C=O) groups is 4. The number of nitrogens with zero attached hydrogens (tertiary/aromatic N) is 3. The fourth-order valence-electron chi connectivity index (χ4n) is 5.36. The van der Waals surface area contributed by atoms with Gasteiger partial charge < -0.3 is 42.8 Å². The van der Waals surface area contributed by atoms with Gasteiger partial charge in [0.15, 0.2) is 24.6 Å². The zero-order valence-electron chi connectivity index (χ0n) is 26.4. The standard InChI is InChI=1S/C29H49N3O12/c1-21(33)40-20-25-26(41-22(2)34)27(42-23(3)35)28(43-24(4)36)29(44-25)39-15-5-6-30(7-9-31-11-16-37-17-12-31)8-10-32-13-18-38-19-14-32/h25-29H,5-20H2,1-4H3/t25-,26-,27+,28-,29?/m1/s1. The maximum absolute atomic E-state index is 12.1. The summed E-state index contributed by atoms with van der Waals surface area (Å²) in [5.41, 5.74) is 0. The van der Waals surface area contributed by atoms with Crippen molar-refractivity contribution in [3.63, 3.8) is 0 Å². The van der Waals surface area contributed by atoms with Gasteiger partial charge in [0.1, 0.15) is 12.7 Å². The highest BCUT2D eigenvalue weighted by Gasteiger charge is 2.52. The van der Waals surface area contributed by atoms with Gasteiger partial charge >= 0.3 is 23.9 Å². The molecule has 3 heterocycles. The third-order valence-electron chi connectivity index (χ3n) is 7.52. The summed E-state index contributed by atoms with van der Waals surface area (Å²) in [4.78, 5) is 54.8. The second-order valence-electron chi connectivity index (χ2n) is 11.0. The average molecular weight is 632 g/mol. The monoisotopic (exact) mass is 631 g/mol. The van der Waals surface area contributed by atoms with Crippen molar-refractivity contribution in [1.82, 2.24) is 14.7 Å². The summed E-state index contributed by atoms with van der Waals surface area (Å²) in [7, 11) is 0. The van der Waals surface area contributed by atoms with Crippen LogP contribution in [0.5, 0.6) is 0 Å². The molecule has 1 unspecified atom stereocenters. The van der Waals surface area contributed by atoms with E-state index in [1.165, 1.54) is 27.7 Å². The normalized spacial score (nSPS) is 26.6. The lowest BCUT2D eigenvalue weighted by molar-refractivity contribution is -0.308. The Hall–Kier alpha value is -2.40. The van der Waals surface area contributed by atoms with E-state index in [2.05, 4.69) is 14.7 Å². The van der Waals surface area contributed by atoms with Crippen molar-refractivity contribution in [3.05, 3.63) is 0 Å². The van der Waals surface area contributed by atoms with Gasteiger partial charge in [-0.3, -0.25) is 29.0 Å². The maximum atomic E-state index is 12.1.